The molecule has 1 fully saturated rings. The maximum atomic E-state index is 11.3. The first-order chi connectivity index (χ1) is 9.22. The fraction of sp³-hybridized carbons (Fsp3) is 0.429. The first-order valence-electron chi connectivity index (χ1n) is 6.47. The van der Waals surface area contributed by atoms with Gasteiger partial charge in [-0.05, 0) is 44.4 Å². The van der Waals surface area contributed by atoms with E-state index in [9.17, 15) is 4.79 Å². The summed E-state index contributed by atoms with van der Waals surface area (Å²) in [7, 11) is 0. The molecule has 5 heteroatoms. The minimum absolute atomic E-state index is 0.301. The third-order valence-electron chi connectivity index (χ3n) is 3.13. The van der Waals surface area contributed by atoms with Crippen LogP contribution in [0, 0.1) is 11.3 Å². The first-order valence-corrected chi connectivity index (χ1v) is 6.47. The third kappa shape index (κ3) is 3.38. The van der Waals surface area contributed by atoms with Crippen molar-refractivity contribution in [2.24, 2.45) is 0 Å². The highest BCUT2D eigenvalue weighted by molar-refractivity contribution is 5.87. The summed E-state index contributed by atoms with van der Waals surface area (Å²) in [6.45, 7) is 2.03. The van der Waals surface area contributed by atoms with Crippen molar-refractivity contribution in [1.82, 2.24) is 0 Å². The molecule has 0 saturated heterocycles. The van der Waals surface area contributed by atoms with Crippen LogP contribution in [0.3, 0.4) is 0 Å². The van der Waals surface area contributed by atoms with Crippen LogP contribution in [0.1, 0.15) is 31.7 Å². The maximum Gasteiger partial charge on any atom is 0.411 e. The summed E-state index contributed by atoms with van der Waals surface area (Å²) >= 11 is 0. The van der Waals surface area contributed by atoms with Gasteiger partial charge in [-0.2, -0.15) is 5.26 Å². The van der Waals surface area contributed by atoms with Gasteiger partial charge in [0.1, 0.15) is 6.07 Å². The number of benzene rings is 1. The Hall–Kier alpha value is -2.22. The number of nitrogens with zero attached hydrogens (tertiary/aromatic N) is 1. The van der Waals surface area contributed by atoms with Gasteiger partial charge >= 0.3 is 6.09 Å². The molecular formula is C14H17N3O2. The van der Waals surface area contributed by atoms with E-state index in [1.807, 2.05) is 6.07 Å². The standard InChI is InChI=1S/C14H17N3O2/c1-2-19-14(18)17-13-7-6-12(8-10(13)9-15)16-11-4-3-5-11/h6-8,11,16H,2-5H2,1H3,(H,17,18). The number of amides is 1. The molecule has 0 radical (unpaired) electrons. The van der Waals surface area contributed by atoms with Gasteiger partial charge in [0.05, 0.1) is 17.9 Å². The Morgan fingerprint density at radius 2 is 2.32 bits per heavy atom. The molecule has 0 aromatic heterocycles. The van der Waals surface area contributed by atoms with E-state index in [1.54, 1.807) is 19.1 Å². The SMILES string of the molecule is CCOC(=O)Nc1ccc(NC2CCC2)cc1C#N. The van der Waals surface area contributed by atoms with Crippen LogP contribution >= 0.6 is 0 Å². The first kappa shape index (κ1) is 13.2. The van der Waals surface area contributed by atoms with Crippen LogP contribution in [-0.4, -0.2) is 18.7 Å². The van der Waals surface area contributed by atoms with E-state index in [2.05, 4.69) is 16.7 Å². The Morgan fingerprint density at radius 3 is 2.89 bits per heavy atom. The Morgan fingerprint density at radius 1 is 1.53 bits per heavy atom. The van der Waals surface area contributed by atoms with Crippen molar-refractivity contribution in [2.45, 2.75) is 32.2 Å². The molecule has 0 bridgehead atoms. The highest BCUT2D eigenvalue weighted by Crippen LogP contribution is 2.26. The molecule has 1 saturated carbocycles. The summed E-state index contributed by atoms with van der Waals surface area (Å²) in [5, 5.41) is 15.0. The minimum Gasteiger partial charge on any atom is -0.450 e. The van der Waals surface area contributed by atoms with Crippen LogP contribution in [-0.2, 0) is 4.74 Å². The Bertz CT molecular complexity index is 504. The molecule has 19 heavy (non-hydrogen) atoms. The second kappa shape index (κ2) is 6.10. The molecule has 0 spiro atoms. The van der Waals surface area contributed by atoms with E-state index in [0.29, 0.717) is 23.9 Å². The minimum atomic E-state index is -0.543. The van der Waals surface area contributed by atoms with E-state index >= 15 is 0 Å². The van der Waals surface area contributed by atoms with Gasteiger partial charge in [-0.3, -0.25) is 5.32 Å². The van der Waals surface area contributed by atoms with Crippen molar-refractivity contribution < 1.29 is 9.53 Å². The lowest BCUT2D eigenvalue weighted by molar-refractivity contribution is 0.168. The summed E-state index contributed by atoms with van der Waals surface area (Å²) in [4.78, 5) is 11.3. The Labute approximate surface area is 112 Å². The second-order valence-electron chi connectivity index (χ2n) is 4.49. The number of nitriles is 1. The average molecular weight is 259 g/mol. The van der Waals surface area contributed by atoms with Crippen LogP contribution < -0.4 is 10.6 Å². The molecule has 0 atom stereocenters. The number of hydrogen-bond donors (Lipinski definition) is 2. The Kier molecular flexibility index (Phi) is 4.24. The van der Waals surface area contributed by atoms with E-state index in [-0.39, 0.29) is 0 Å². The van der Waals surface area contributed by atoms with Gasteiger partial charge in [-0.1, -0.05) is 0 Å². The molecule has 0 aliphatic heterocycles. The molecule has 1 aliphatic carbocycles. The molecule has 5 nitrogen and oxygen atoms in total. The highest BCUT2D eigenvalue weighted by Gasteiger charge is 2.17. The average Bonchev–Trinajstić information content (AvgIpc) is 2.35. The van der Waals surface area contributed by atoms with Gasteiger partial charge in [0.15, 0.2) is 0 Å². The zero-order chi connectivity index (χ0) is 13.7. The molecule has 2 N–H and O–H groups in total. The maximum absolute atomic E-state index is 11.3. The zero-order valence-electron chi connectivity index (χ0n) is 10.9. The van der Waals surface area contributed by atoms with Crippen LogP contribution in [0.5, 0.6) is 0 Å². The number of hydrogen-bond acceptors (Lipinski definition) is 4. The predicted octanol–water partition coefficient (Wildman–Crippen LogP) is 3.09. The van der Waals surface area contributed by atoms with Crippen LogP contribution in [0.2, 0.25) is 0 Å². The molecule has 1 aromatic carbocycles. The fourth-order valence-corrected chi connectivity index (χ4v) is 1.90. The molecule has 2 rings (SSSR count). The normalized spacial score (nSPS) is 14.1. The second-order valence-corrected chi connectivity index (χ2v) is 4.49. The van der Waals surface area contributed by atoms with E-state index in [1.165, 1.54) is 19.3 Å². The molecule has 100 valence electrons. The number of ether oxygens (including phenoxy) is 1. The third-order valence-corrected chi connectivity index (χ3v) is 3.13. The van der Waals surface area contributed by atoms with Gasteiger partial charge in [0, 0.05) is 11.7 Å². The van der Waals surface area contributed by atoms with E-state index in [4.69, 9.17) is 10.00 Å². The summed E-state index contributed by atoms with van der Waals surface area (Å²) in [6, 6.07) is 7.92. The van der Waals surface area contributed by atoms with Crippen LogP contribution in [0.25, 0.3) is 0 Å². The molecule has 1 aliphatic rings. The van der Waals surface area contributed by atoms with Crippen LogP contribution in [0.4, 0.5) is 16.2 Å². The smallest absolute Gasteiger partial charge is 0.411 e. The monoisotopic (exact) mass is 259 g/mol. The lowest BCUT2D eigenvalue weighted by atomic mass is 9.93. The number of nitrogens with one attached hydrogen (secondary N) is 2. The van der Waals surface area contributed by atoms with E-state index in [0.717, 1.165) is 5.69 Å². The summed E-state index contributed by atoms with van der Waals surface area (Å²) in [6.07, 6.45) is 3.06. The van der Waals surface area contributed by atoms with Crippen molar-refractivity contribution in [3.8, 4) is 6.07 Å². The van der Waals surface area contributed by atoms with Gasteiger partial charge in [0.25, 0.3) is 0 Å². The number of carbonyl (C=O) groups is 1. The van der Waals surface area contributed by atoms with Crippen molar-refractivity contribution in [1.29, 1.82) is 5.26 Å². The van der Waals surface area contributed by atoms with Crippen molar-refractivity contribution in [3.05, 3.63) is 23.8 Å². The summed E-state index contributed by atoms with van der Waals surface area (Å²) in [5.41, 5.74) is 1.81. The van der Waals surface area contributed by atoms with Crippen molar-refractivity contribution in [3.63, 3.8) is 0 Å². The fourth-order valence-electron chi connectivity index (χ4n) is 1.90. The van der Waals surface area contributed by atoms with Crippen molar-refractivity contribution in [2.75, 3.05) is 17.2 Å². The lowest BCUT2D eigenvalue weighted by Crippen LogP contribution is -2.27. The molecule has 1 aromatic rings. The topological polar surface area (TPSA) is 74.2 Å². The summed E-state index contributed by atoms with van der Waals surface area (Å²) in [5.74, 6) is 0. The number of rotatable bonds is 4. The lowest BCUT2D eigenvalue weighted by Gasteiger charge is -2.27. The van der Waals surface area contributed by atoms with Gasteiger partial charge in [-0.15, -0.1) is 0 Å². The van der Waals surface area contributed by atoms with Gasteiger partial charge in [-0.25, -0.2) is 4.79 Å². The highest BCUT2D eigenvalue weighted by atomic mass is 16.5. The number of carbonyl (C=O) groups excluding carboxylic acids is 1. The van der Waals surface area contributed by atoms with Crippen LogP contribution in [0.15, 0.2) is 18.2 Å². The largest absolute Gasteiger partial charge is 0.450 e. The van der Waals surface area contributed by atoms with Crippen molar-refractivity contribution >= 4 is 17.5 Å². The number of anilines is 2. The quantitative estimate of drug-likeness (QED) is 0.871. The molecule has 0 heterocycles. The summed E-state index contributed by atoms with van der Waals surface area (Å²) < 4.78 is 4.79. The van der Waals surface area contributed by atoms with Gasteiger partial charge < -0.3 is 10.1 Å². The Balaban J connectivity index is 2.07. The van der Waals surface area contributed by atoms with E-state index < -0.39 is 6.09 Å². The predicted molar refractivity (Wildman–Crippen MR) is 73.1 cm³/mol. The zero-order valence-corrected chi connectivity index (χ0v) is 10.9. The molecule has 1 amide bonds. The van der Waals surface area contributed by atoms with Gasteiger partial charge in [0.2, 0.25) is 0 Å². The molecule has 0 unspecified atom stereocenters. The molecular weight excluding hydrogens is 242 g/mol.